The van der Waals surface area contributed by atoms with Gasteiger partial charge in [0.05, 0.1) is 11.6 Å². The van der Waals surface area contributed by atoms with E-state index in [1.807, 2.05) is 38.4 Å². The summed E-state index contributed by atoms with van der Waals surface area (Å²) in [4.78, 5) is 14.4. The van der Waals surface area contributed by atoms with Gasteiger partial charge in [-0.1, -0.05) is 42.6 Å². The SMILES string of the molecule is CN(C)C(CNC(=O)C1(N)CCCC1)c1ccccc1Cl. The second-order valence-electron chi connectivity index (χ2n) is 6.07. The summed E-state index contributed by atoms with van der Waals surface area (Å²) >= 11 is 6.27. The van der Waals surface area contributed by atoms with Gasteiger partial charge in [-0.3, -0.25) is 4.79 Å². The molecule has 116 valence electrons. The normalized spacial score (nSPS) is 18.7. The average molecular weight is 310 g/mol. The third kappa shape index (κ3) is 3.76. The van der Waals surface area contributed by atoms with E-state index in [0.717, 1.165) is 31.2 Å². The zero-order valence-electron chi connectivity index (χ0n) is 12.7. The molecule has 0 aliphatic heterocycles. The van der Waals surface area contributed by atoms with Crippen LogP contribution in [0.5, 0.6) is 0 Å². The summed E-state index contributed by atoms with van der Waals surface area (Å²) in [6, 6.07) is 7.77. The first-order valence-corrected chi connectivity index (χ1v) is 7.80. The summed E-state index contributed by atoms with van der Waals surface area (Å²) in [5.41, 5.74) is 6.51. The van der Waals surface area contributed by atoms with Gasteiger partial charge in [0.25, 0.3) is 0 Å². The van der Waals surface area contributed by atoms with E-state index in [9.17, 15) is 4.79 Å². The Morgan fingerprint density at radius 1 is 1.38 bits per heavy atom. The molecule has 2 rings (SSSR count). The molecule has 5 heteroatoms. The Hall–Kier alpha value is -1.10. The van der Waals surface area contributed by atoms with Crippen molar-refractivity contribution < 1.29 is 4.79 Å². The van der Waals surface area contributed by atoms with Crippen LogP contribution in [-0.4, -0.2) is 37.0 Å². The van der Waals surface area contributed by atoms with Gasteiger partial charge in [-0.05, 0) is 38.6 Å². The summed E-state index contributed by atoms with van der Waals surface area (Å²) in [5, 5.41) is 3.72. The largest absolute Gasteiger partial charge is 0.353 e. The van der Waals surface area contributed by atoms with Gasteiger partial charge < -0.3 is 16.0 Å². The number of halogens is 1. The topological polar surface area (TPSA) is 58.4 Å². The Bertz CT molecular complexity index is 498. The molecule has 1 unspecified atom stereocenters. The van der Waals surface area contributed by atoms with Crippen LogP contribution in [0.25, 0.3) is 0 Å². The van der Waals surface area contributed by atoms with Crippen molar-refractivity contribution >= 4 is 17.5 Å². The van der Waals surface area contributed by atoms with Crippen LogP contribution in [0, 0.1) is 0 Å². The molecule has 0 aromatic heterocycles. The molecule has 1 aromatic carbocycles. The molecule has 21 heavy (non-hydrogen) atoms. The predicted octanol–water partition coefficient (Wildman–Crippen LogP) is 2.33. The van der Waals surface area contributed by atoms with E-state index in [1.165, 1.54) is 0 Å². The lowest BCUT2D eigenvalue weighted by Crippen LogP contribution is -2.53. The summed E-state index contributed by atoms with van der Waals surface area (Å²) in [7, 11) is 3.96. The van der Waals surface area contributed by atoms with Crippen molar-refractivity contribution in [1.29, 1.82) is 0 Å². The third-order valence-corrected chi connectivity index (χ3v) is 4.64. The van der Waals surface area contributed by atoms with E-state index < -0.39 is 5.54 Å². The number of amides is 1. The Labute approximate surface area is 131 Å². The van der Waals surface area contributed by atoms with Crippen molar-refractivity contribution in [3.63, 3.8) is 0 Å². The molecule has 1 saturated carbocycles. The van der Waals surface area contributed by atoms with Gasteiger partial charge in [0.1, 0.15) is 0 Å². The van der Waals surface area contributed by atoms with Crippen molar-refractivity contribution in [2.75, 3.05) is 20.6 Å². The second-order valence-corrected chi connectivity index (χ2v) is 6.48. The smallest absolute Gasteiger partial charge is 0.240 e. The summed E-state index contributed by atoms with van der Waals surface area (Å²) in [5.74, 6) is -0.0427. The van der Waals surface area contributed by atoms with Gasteiger partial charge in [0.2, 0.25) is 5.91 Å². The van der Waals surface area contributed by atoms with E-state index in [4.69, 9.17) is 17.3 Å². The fraction of sp³-hybridized carbons (Fsp3) is 0.562. The molecule has 4 nitrogen and oxygen atoms in total. The van der Waals surface area contributed by atoms with E-state index in [1.54, 1.807) is 0 Å². The number of hydrogen-bond donors (Lipinski definition) is 2. The molecule has 0 spiro atoms. The summed E-state index contributed by atoms with van der Waals surface area (Å²) < 4.78 is 0. The van der Waals surface area contributed by atoms with Crippen molar-refractivity contribution in [2.45, 2.75) is 37.3 Å². The molecule has 1 aliphatic rings. The number of carbonyl (C=O) groups is 1. The summed E-state index contributed by atoms with van der Waals surface area (Å²) in [6.07, 6.45) is 3.62. The van der Waals surface area contributed by atoms with Gasteiger partial charge in [-0.25, -0.2) is 0 Å². The number of carbonyl (C=O) groups excluding carboxylic acids is 1. The lowest BCUT2D eigenvalue weighted by atomic mass is 9.97. The highest BCUT2D eigenvalue weighted by Gasteiger charge is 2.37. The highest BCUT2D eigenvalue weighted by atomic mass is 35.5. The standard InChI is InChI=1S/C16H24ClN3O/c1-20(2)14(12-7-3-4-8-13(12)17)11-19-15(21)16(18)9-5-6-10-16/h3-4,7-8,14H,5-6,9-11,18H2,1-2H3,(H,19,21). The van der Waals surface area contributed by atoms with Gasteiger partial charge in [-0.2, -0.15) is 0 Å². The van der Waals surface area contributed by atoms with Crippen LogP contribution in [0.3, 0.4) is 0 Å². The molecule has 0 heterocycles. The minimum absolute atomic E-state index is 0.0349. The van der Waals surface area contributed by atoms with Crippen molar-refractivity contribution in [3.05, 3.63) is 34.9 Å². The quantitative estimate of drug-likeness (QED) is 0.877. The molecule has 0 saturated heterocycles. The maximum atomic E-state index is 12.3. The monoisotopic (exact) mass is 309 g/mol. The molecule has 0 bridgehead atoms. The maximum absolute atomic E-state index is 12.3. The number of benzene rings is 1. The highest BCUT2D eigenvalue weighted by molar-refractivity contribution is 6.31. The Morgan fingerprint density at radius 2 is 2.00 bits per heavy atom. The van der Waals surface area contributed by atoms with Crippen LogP contribution in [0.1, 0.15) is 37.3 Å². The fourth-order valence-electron chi connectivity index (χ4n) is 2.91. The first-order chi connectivity index (χ1) is 9.94. The van der Waals surface area contributed by atoms with Crippen molar-refractivity contribution in [1.82, 2.24) is 10.2 Å². The average Bonchev–Trinajstić information content (AvgIpc) is 2.88. The minimum atomic E-state index is -0.683. The van der Waals surface area contributed by atoms with Crippen LogP contribution in [0.15, 0.2) is 24.3 Å². The lowest BCUT2D eigenvalue weighted by Gasteiger charge is -2.28. The van der Waals surface area contributed by atoms with Crippen LogP contribution >= 0.6 is 11.6 Å². The molecule has 1 aliphatic carbocycles. The molecule has 1 aromatic rings. The Kier molecular flexibility index (Phi) is 5.25. The van der Waals surface area contributed by atoms with Crippen molar-refractivity contribution in [2.24, 2.45) is 5.73 Å². The van der Waals surface area contributed by atoms with Gasteiger partial charge in [0, 0.05) is 11.6 Å². The third-order valence-electron chi connectivity index (χ3n) is 4.29. The molecular weight excluding hydrogens is 286 g/mol. The van der Waals surface area contributed by atoms with Crippen LogP contribution in [0.2, 0.25) is 5.02 Å². The van der Waals surface area contributed by atoms with E-state index in [0.29, 0.717) is 11.6 Å². The van der Waals surface area contributed by atoms with E-state index >= 15 is 0 Å². The summed E-state index contributed by atoms with van der Waals surface area (Å²) in [6.45, 7) is 0.508. The molecule has 3 N–H and O–H groups in total. The number of rotatable bonds is 5. The van der Waals surface area contributed by atoms with E-state index in [2.05, 4.69) is 10.2 Å². The van der Waals surface area contributed by atoms with Crippen molar-refractivity contribution in [3.8, 4) is 0 Å². The zero-order valence-corrected chi connectivity index (χ0v) is 13.5. The number of nitrogens with one attached hydrogen (secondary N) is 1. The molecule has 1 atom stereocenters. The highest BCUT2D eigenvalue weighted by Crippen LogP contribution is 2.28. The molecule has 1 amide bonds. The molecule has 0 radical (unpaired) electrons. The number of likely N-dealkylation sites (N-methyl/N-ethyl adjacent to an activating group) is 1. The van der Waals surface area contributed by atoms with Gasteiger partial charge >= 0.3 is 0 Å². The minimum Gasteiger partial charge on any atom is -0.353 e. The van der Waals surface area contributed by atoms with Crippen LogP contribution < -0.4 is 11.1 Å². The zero-order chi connectivity index (χ0) is 15.5. The number of hydrogen-bond acceptors (Lipinski definition) is 3. The Balaban J connectivity index is 2.04. The fourth-order valence-corrected chi connectivity index (χ4v) is 3.18. The first kappa shape index (κ1) is 16.3. The van der Waals surface area contributed by atoms with Crippen LogP contribution in [0.4, 0.5) is 0 Å². The number of nitrogens with zero attached hydrogens (tertiary/aromatic N) is 1. The van der Waals surface area contributed by atoms with Crippen LogP contribution in [-0.2, 0) is 4.79 Å². The predicted molar refractivity (Wildman–Crippen MR) is 86.3 cm³/mol. The maximum Gasteiger partial charge on any atom is 0.240 e. The van der Waals surface area contributed by atoms with Gasteiger partial charge in [0.15, 0.2) is 0 Å². The second kappa shape index (κ2) is 6.77. The van der Waals surface area contributed by atoms with E-state index in [-0.39, 0.29) is 11.9 Å². The Morgan fingerprint density at radius 3 is 2.57 bits per heavy atom. The first-order valence-electron chi connectivity index (χ1n) is 7.42. The lowest BCUT2D eigenvalue weighted by molar-refractivity contribution is -0.126. The van der Waals surface area contributed by atoms with Gasteiger partial charge in [-0.15, -0.1) is 0 Å². The molecular formula is C16H24ClN3O. The molecule has 1 fully saturated rings. The number of nitrogens with two attached hydrogens (primary N) is 1.